The standard InChI is InChI=1S/C17H25FN2O2.ClH/c1-11(9-16(21)12-5-7-14(18)8-6-12)20-17(22)13-3-2-4-15(19)10-13;/h5-8,11,13,15-16,21H,2-4,9-10,19H2,1H3,(H,20,22);1H. The minimum Gasteiger partial charge on any atom is -0.388 e. The van der Waals surface area contributed by atoms with Crippen molar-refractivity contribution in [2.24, 2.45) is 11.7 Å². The highest BCUT2D eigenvalue weighted by molar-refractivity contribution is 5.85. The van der Waals surface area contributed by atoms with Gasteiger partial charge in [-0.15, -0.1) is 12.4 Å². The van der Waals surface area contributed by atoms with Gasteiger partial charge < -0.3 is 16.2 Å². The Hall–Kier alpha value is -1.17. The van der Waals surface area contributed by atoms with Gasteiger partial charge >= 0.3 is 0 Å². The zero-order chi connectivity index (χ0) is 16.1. The number of nitrogens with two attached hydrogens (primary N) is 1. The molecule has 1 aromatic rings. The van der Waals surface area contributed by atoms with E-state index in [1.165, 1.54) is 12.1 Å². The Labute approximate surface area is 143 Å². The second kappa shape index (κ2) is 9.21. The number of nitrogens with one attached hydrogen (secondary N) is 1. The van der Waals surface area contributed by atoms with Gasteiger partial charge in [0.05, 0.1) is 6.10 Å². The van der Waals surface area contributed by atoms with E-state index in [2.05, 4.69) is 5.32 Å². The van der Waals surface area contributed by atoms with Gasteiger partial charge in [-0.1, -0.05) is 18.6 Å². The Kier molecular flexibility index (Phi) is 7.95. The summed E-state index contributed by atoms with van der Waals surface area (Å²) in [5.74, 6) is -0.325. The van der Waals surface area contributed by atoms with E-state index in [1.807, 2.05) is 6.92 Å². The number of carbonyl (C=O) groups is 1. The van der Waals surface area contributed by atoms with Gasteiger partial charge in [0, 0.05) is 18.0 Å². The third-order valence-corrected chi connectivity index (χ3v) is 4.31. The van der Waals surface area contributed by atoms with Crippen LogP contribution in [0.4, 0.5) is 4.39 Å². The second-order valence-corrected chi connectivity index (χ2v) is 6.34. The number of aliphatic hydroxyl groups is 1. The van der Waals surface area contributed by atoms with E-state index >= 15 is 0 Å². The molecule has 1 saturated carbocycles. The van der Waals surface area contributed by atoms with Crippen LogP contribution in [0.15, 0.2) is 24.3 Å². The molecule has 1 aliphatic rings. The predicted molar refractivity (Wildman–Crippen MR) is 90.8 cm³/mol. The second-order valence-electron chi connectivity index (χ2n) is 6.34. The maximum atomic E-state index is 12.9. The summed E-state index contributed by atoms with van der Waals surface area (Å²) in [4.78, 5) is 12.2. The van der Waals surface area contributed by atoms with Crippen molar-refractivity contribution in [2.75, 3.05) is 0 Å². The van der Waals surface area contributed by atoms with E-state index in [1.54, 1.807) is 12.1 Å². The molecule has 1 aliphatic carbocycles. The molecule has 0 radical (unpaired) electrons. The molecule has 0 saturated heterocycles. The van der Waals surface area contributed by atoms with Crippen molar-refractivity contribution in [3.63, 3.8) is 0 Å². The Balaban J connectivity index is 0.00000264. The van der Waals surface area contributed by atoms with Crippen molar-refractivity contribution in [1.29, 1.82) is 0 Å². The molecule has 23 heavy (non-hydrogen) atoms. The smallest absolute Gasteiger partial charge is 0.223 e. The minimum absolute atomic E-state index is 0. The molecule has 0 bridgehead atoms. The van der Waals surface area contributed by atoms with Crippen molar-refractivity contribution in [3.05, 3.63) is 35.6 Å². The van der Waals surface area contributed by atoms with Crippen LogP contribution in [0.3, 0.4) is 0 Å². The molecule has 2 rings (SSSR count). The lowest BCUT2D eigenvalue weighted by Gasteiger charge is -2.27. The van der Waals surface area contributed by atoms with Crippen LogP contribution in [-0.4, -0.2) is 23.1 Å². The zero-order valence-electron chi connectivity index (χ0n) is 13.4. The first-order valence-corrected chi connectivity index (χ1v) is 7.95. The van der Waals surface area contributed by atoms with Crippen LogP contribution >= 0.6 is 12.4 Å². The van der Waals surface area contributed by atoms with Crippen molar-refractivity contribution in [1.82, 2.24) is 5.32 Å². The summed E-state index contributed by atoms with van der Waals surface area (Å²) in [6.45, 7) is 1.87. The quantitative estimate of drug-likeness (QED) is 0.768. The number of hydrogen-bond donors (Lipinski definition) is 3. The lowest BCUT2D eigenvalue weighted by atomic mass is 9.85. The van der Waals surface area contributed by atoms with Crippen molar-refractivity contribution >= 4 is 18.3 Å². The molecule has 0 spiro atoms. The molecule has 4 atom stereocenters. The first kappa shape index (κ1) is 19.9. The van der Waals surface area contributed by atoms with Gasteiger partial charge in [-0.3, -0.25) is 4.79 Å². The lowest BCUT2D eigenvalue weighted by Crippen LogP contribution is -2.41. The number of carbonyl (C=O) groups excluding carboxylic acids is 1. The molecule has 4 N–H and O–H groups in total. The van der Waals surface area contributed by atoms with Crippen LogP contribution in [0.5, 0.6) is 0 Å². The van der Waals surface area contributed by atoms with E-state index in [0.29, 0.717) is 12.0 Å². The highest BCUT2D eigenvalue weighted by atomic mass is 35.5. The topological polar surface area (TPSA) is 75.3 Å². The molecular weight excluding hydrogens is 319 g/mol. The Morgan fingerprint density at radius 1 is 1.39 bits per heavy atom. The maximum absolute atomic E-state index is 12.9. The monoisotopic (exact) mass is 344 g/mol. The van der Waals surface area contributed by atoms with E-state index < -0.39 is 6.10 Å². The average molecular weight is 345 g/mol. The van der Waals surface area contributed by atoms with Crippen LogP contribution in [-0.2, 0) is 4.79 Å². The summed E-state index contributed by atoms with van der Waals surface area (Å²) >= 11 is 0. The SMILES string of the molecule is CC(CC(O)c1ccc(F)cc1)NC(=O)C1CCCC(N)C1.Cl. The zero-order valence-corrected chi connectivity index (χ0v) is 14.2. The number of hydrogen-bond acceptors (Lipinski definition) is 3. The molecule has 0 aromatic heterocycles. The molecule has 4 nitrogen and oxygen atoms in total. The van der Waals surface area contributed by atoms with Crippen LogP contribution in [0, 0.1) is 11.7 Å². The molecular formula is C17H26ClFN2O2. The number of aliphatic hydroxyl groups excluding tert-OH is 1. The Morgan fingerprint density at radius 2 is 2.04 bits per heavy atom. The number of halogens is 2. The fourth-order valence-electron chi connectivity index (χ4n) is 3.04. The highest BCUT2D eigenvalue weighted by Crippen LogP contribution is 2.24. The minimum atomic E-state index is -0.718. The van der Waals surface area contributed by atoms with Gasteiger partial charge in [0.15, 0.2) is 0 Å². The third kappa shape index (κ3) is 6.09. The van der Waals surface area contributed by atoms with Gasteiger partial charge in [-0.05, 0) is 50.3 Å². The summed E-state index contributed by atoms with van der Waals surface area (Å²) in [5.41, 5.74) is 6.57. The highest BCUT2D eigenvalue weighted by Gasteiger charge is 2.26. The fourth-order valence-corrected chi connectivity index (χ4v) is 3.04. The number of benzene rings is 1. The van der Waals surface area contributed by atoms with E-state index in [0.717, 1.165) is 25.7 Å². The van der Waals surface area contributed by atoms with Gasteiger partial charge in [-0.25, -0.2) is 4.39 Å². The van der Waals surface area contributed by atoms with Crippen LogP contribution < -0.4 is 11.1 Å². The number of rotatable bonds is 5. The summed E-state index contributed by atoms with van der Waals surface area (Å²) in [7, 11) is 0. The first-order chi connectivity index (χ1) is 10.5. The largest absolute Gasteiger partial charge is 0.388 e. The van der Waals surface area contributed by atoms with Crippen molar-refractivity contribution in [2.45, 2.75) is 57.2 Å². The maximum Gasteiger partial charge on any atom is 0.223 e. The van der Waals surface area contributed by atoms with E-state index in [-0.39, 0.29) is 42.1 Å². The normalized spacial score (nSPS) is 23.5. The molecule has 0 aliphatic heterocycles. The van der Waals surface area contributed by atoms with Crippen LogP contribution in [0.25, 0.3) is 0 Å². The molecule has 0 heterocycles. The van der Waals surface area contributed by atoms with Crippen molar-refractivity contribution < 1.29 is 14.3 Å². The first-order valence-electron chi connectivity index (χ1n) is 7.95. The summed E-state index contributed by atoms with van der Waals surface area (Å²) < 4.78 is 12.9. The summed E-state index contributed by atoms with van der Waals surface area (Å²) in [5, 5.41) is 13.1. The molecule has 1 aromatic carbocycles. The average Bonchev–Trinajstić information content (AvgIpc) is 2.47. The van der Waals surface area contributed by atoms with Gasteiger partial charge in [0.1, 0.15) is 5.82 Å². The number of amides is 1. The van der Waals surface area contributed by atoms with Gasteiger partial charge in [0.25, 0.3) is 0 Å². The molecule has 1 amide bonds. The summed E-state index contributed by atoms with van der Waals surface area (Å²) in [6.07, 6.45) is 3.28. The summed E-state index contributed by atoms with van der Waals surface area (Å²) in [6, 6.07) is 5.75. The van der Waals surface area contributed by atoms with Crippen LogP contribution in [0.1, 0.15) is 50.7 Å². The lowest BCUT2D eigenvalue weighted by molar-refractivity contribution is -0.126. The van der Waals surface area contributed by atoms with Crippen molar-refractivity contribution in [3.8, 4) is 0 Å². The van der Waals surface area contributed by atoms with E-state index in [4.69, 9.17) is 5.73 Å². The Morgan fingerprint density at radius 3 is 2.65 bits per heavy atom. The molecule has 6 heteroatoms. The van der Waals surface area contributed by atoms with E-state index in [9.17, 15) is 14.3 Å². The predicted octanol–water partition coefficient (Wildman–Crippen LogP) is 2.69. The Bertz CT molecular complexity index is 498. The fraction of sp³-hybridized carbons (Fsp3) is 0.588. The third-order valence-electron chi connectivity index (χ3n) is 4.31. The van der Waals surface area contributed by atoms with Gasteiger partial charge in [-0.2, -0.15) is 0 Å². The molecule has 4 unspecified atom stereocenters. The molecule has 130 valence electrons. The van der Waals surface area contributed by atoms with Crippen LogP contribution in [0.2, 0.25) is 0 Å². The van der Waals surface area contributed by atoms with Gasteiger partial charge in [0.2, 0.25) is 5.91 Å². The molecule has 1 fully saturated rings.